The first-order chi connectivity index (χ1) is 12.8. The minimum absolute atomic E-state index is 0.113. The van der Waals surface area contributed by atoms with Crippen LogP contribution in [0.1, 0.15) is 43.6 Å². The molecule has 3 rings (SSSR count). The Kier molecular flexibility index (Phi) is 7.22. The van der Waals surface area contributed by atoms with Crippen LogP contribution < -0.4 is 0 Å². The van der Waals surface area contributed by atoms with E-state index in [0.29, 0.717) is 30.6 Å². The summed E-state index contributed by atoms with van der Waals surface area (Å²) in [4.78, 5) is 0. The van der Waals surface area contributed by atoms with Crippen molar-refractivity contribution < 1.29 is 18.9 Å². The van der Waals surface area contributed by atoms with Gasteiger partial charge in [0.05, 0.1) is 38.1 Å². The smallest absolute Gasteiger partial charge is 0.183 e. The zero-order valence-corrected chi connectivity index (χ0v) is 15.3. The number of hydrogen-bond donors (Lipinski definition) is 0. The Hall–Kier alpha value is -1.71. The molecule has 0 saturated carbocycles. The number of hydrogen-bond acceptors (Lipinski definition) is 5. The highest BCUT2D eigenvalue weighted by Gasteiger charge is 2.26. The van der Waals surface area contributed by atoms with Gasteiger partial charge in [0.25, 0.3) is 0 Å². The molecule has 0 spiro atoms. The molecule has 26 heavy (non-hydrogen) atoms. The molecule has 2 heterocycles. The molecule has 0 radical (unpaired) electrons. The van der Waals surface area contributed by atoms with Crippen molar-refractivity contribution in [3.05, 3.63) is 47.5 Å². The van der Waals surface area contributed by atoms with Gasteiger partial charge < -0.3 is 18.9 Å². The monoisotopic (exact) mass is 357 g/mol. The summed E-state index contributed by atoms with van der Waals surface area (Å²) in [6, 6.07) is 9.46. The van der Waals surface area contributed by atoms with Crippen LogP contribution in [0, 0.1) is 23.2 Å². The number of ether oxygens (including phenoxy) is 4. The molecule has 5 nitrogen and oxygen atoms in total. The van der Waals surface area contributed by atoms with Crippen LogP contribution in [-0.4, -0.2) is 32.7 Å². The van der Waals surface area contributed by atoms with Crippen LogP contribution in [0.4, 0.5) is 0 Å². The third kappa shape index (κ3) is 5.39. The second kappa shape index (κ2) is 9.84. The maximum absolute atomic E-state index is 8.86. The van der Waals surface area contributed by atoms with Crippen LogP contribution in [0.15, 0.2) is 36.4 Å². The number of rotatable bonds is 6. The summed E-state index contributed by atoms with van der Waals surface area (Å²) in [5.41, 5.74) is 1.59. The standard InChI is InChI=1S/C21H27NO4/c1-2-3-4-17-12-23-20(24-13-17)10-7-18-14-25-21(26-15-18)19-8-5-16(11-22)6-9-19/h3-6,8-9,17-18,20-21H,2,7,10,12-15H2,1H3/b4-3+. The van der Waals surface area contributed by atoms with Crippen LogP contribution >= 0.6 is 0 Å². The lowest BCUT2D eigenvalue weighted by Crippen LogP contribution is -2.33. The number of allylic oxidation sites excluding steroid dienone is 1. The number of nitrogens with zero attached hydrogens (tertiary/aromatic N) is 1. The van der Waals surface area contributed by atoms with Gasteiger partial charge in [0.15, 0.2) is 12.6 Å². The van der Waals surface area contributed by atoms with Gasteiger partial charge in [-0.1, -0.05) is 31.2 Å². The average molecular weight is 357 g/mol. The quantitative estimate of drug-likeness (QED) is 0.721. The molecule has 1 aromatic carbocycles. The van der Waals surface area contributed by atoms with Crippen LogP contribution in [0.2, 0.25) is 0 Å². The zero-order valence-electron chi connectivity index (χ0n) is 15.3. The van der Waals surface area contributed by atoms with Crippen molar-refractivity contribution in [2.45, 2.75) is 38.8 Å². The predicted molar refractivity (Wildman–Crippen MR) is 97.1 cm³/mol. The third-order valence-corrected chi connectivity index (χ3v) is 4.73. The van der Waals surface area contributed by atoms with E-state index in [4.69, 9.17) is 24.2 Å². The molecule has 0 aliphatic carbocycles. The molecule has 2 saturated heterocycles. The highest BCUT2D eigenvalue weighted by Crippen LogP contribution is 2.28. The van der Waals surface area contributed by atoms with E-state index in [2.05, 4.69) is 25.1 Å². The maximum Gasteiger partial charge on any atom is 0.183 e. The molecular weight excluding hydrogens is 330 g/mol. The lowest BCUT2D eigenvalue weighted by Gasteiger charge is -2.32. The van der Waals surface area contributed by atoms with Crippen LogP contribution in [0.5, 0.6) is 0 Å². The summed E-state index contributed by atoms with van der Waals surface area (Å²) in [6.45, 7) is 4.93. The maximum atomic E-state index is 8.86. The fraction of sp³-hybridized carbons (Fsp3) is 0.571. The lowest BCUT2D eigenvalue weighted by atomic mass is 10.0. The average Bonchev–Trinajstić information content (AvgIpc) is 2.72. The molecule has 1 aromatic rings. The fourth-order valence-electron chi connectivity index (χ4n) is 3.15. The highest BCUT2D eigenvalue weighted by atomic mass is 16.7. The summed E-state index contributed by atoms with van der Waals surface area (Å²) in [5, 5.41) is 8.86. The molecule has 0 atom stereocenters. The Morgan fingerprint density at radius 2 is 1.69 bits per heavy atom. The molecule has 140 valence electrons. The Morgan fingerprint density at radius 3 is 2.31 bits per heavy atom. The van der Waals surface area contributed by atoms with Crippen molar-refractivity contribution in [1.82, 2.24) is 0 Å². The molecule has 0 N–H and O–H groups in total. The second-order valence-corrected chi connectivity index (χ2v) is 6.87. The first-order valence-corrected chi connectivity index (χ1v) is 9.41. The van der Waals surface area contributed by atoms with Gasteiger partial charge in [0.1, 0.15) is 0 Å². The van der Waals surface area contributed by atoms with Gasteiger partial charge in [-0.2, -0.15) is 5.26 Å². The number of nitriles is 1. The summed E-state index contributed by atoms with van der Waals surface area (Å²) in [5.74, 6) is 0.732. The molecular formula is C21H27NO4. The first-order valence-electron chi connectivity index (χ1n) is 9.41. The van der Waals surface area contributed by atoms with E-state index in [1.807, 2.05) is 12.1 Å². The van der Waals surface area contributed by atoms with E-state index in [-0.39, 0.29) is 12.6 Å². The fourth-order valence-corrected chi connectivity index (χ4v) is 3.15. The Morgan fingerprint density at radius 1 is 1.00 bits per heavy atom. The van der Waals surface area contributed by atoms with Crippen molar-refractivity contribution in [1.29, 1.82) is 5.26 Å². The van der Waals surface area contributed by atoms with Gasteiger partial charge in [0, 0.05) is 17.4 Å². The Bertz CT molecular complexity index is 606. The Balaban J connectivity index is 1.35. The second-order valence-electron chi connectivity index (χ2n) is 6.87. The van der Waals surface area contributed by atoms with Gasteiger partial charge in [0.2, 0.25) is 0 Å². The number of benzene rings is 1. The van der Waals surface area contributed by atoms with Crippen LogP contribution in [-0.2, 0) is 18.9 Å². The first kappa shape index (κ1) is 19.1. The van der Waals surface area contributed by atoms with Gasteiger partial charge >= 0.3 is 0 Å². The van der Waals surface area contributed by atoms with Crippen molar-refractivity contribution in [3.63, 3.8) is 0 Å². The van der Waals surface area contributed by atoms with E-state index in [9.17, 15) is 0 Å². The predicted octanol–water partition coefficient (Wildman–Crippen LogP) is 3.96. The third-order valence-electron chi connectivity index (χ3n) is 4.73. The van der Waals surface area contributed by atoms with Gasteiger partial charge in [-0.15, -0.1) is 0 Å². The minimum Gasteiger partial charge on any atom is -0.352 e. The van der Waals surface area contributed by atoms with Crippen molar-refractivity contribution >= 4 is 0 Å². The van der Waals surface area contributed by atoms with Crippen molar-refractivity contribution in [2.75, 3.05) is 26.4 Å². The molecule has 5 heteroatoms. The van der Waals surface area contributed by atoms with Crippen molar-refractivity contribution in [2.24, 2.45) is 11.8 Å². The molecule has 0 unspecified atom stereocenters. The molecule has 2 aliphatic rings. The summed E-state index contributed by atoms with van der Waals surface area (Å²) < 4.78 is 23.3. The van der Waals surface area contributed by atoms with E-state index in [1.165, 1.54) is 0 Å². The van der Waals surface area contributed by atoms with Crippen LogP contribution in [0.3, 0.4) is 0 Å². The van der Waals surface area contributed by atoms with E-state index < -0.39 is 0 Å². The van der Waals surface area contributed by atoms with Crippen molar-refractivity contribution in [3.8, 4) is 6.07 Å². The van der Waals surface area contributed by atoms with E-state index >= 15 is 0 Å². The molecule has 0 aromatic heterocycles. The summed E-state index contributed by atoms with van der Waals surface area (Å²) in [6.07, 6.45) is 6.76. The van der Waals surface area contributed by atoms with E-state index in [1.54, 1.807) is 12.1 Å². The molecule has 2 fully saturated rings. The molecule has 2 aliphatic heterocycles. The van der Waals surface area contributed by atoms with E-state index in [0.717, 1.165) is 38.0 Å². The highest BCUT2D eigenvalue weighted by molar-refractivity contribution is 5.32. The topological polar surface area (TPSA) is 60.7 Å². The largest absolute Gasteiger partial charge is 0.352 e. The minimum atomic E-state index is -0.340. The lowest BCUT2D eigenvalue weighted by molar-refractivity contribution is -0.217. The zero-order chi connectivity index (χ0) is 18.2. The molecule has 0 amide bonds. The van der Waals surface area contributed by atoms with Gasteiger partial charge in [-0.25, -0.2) is 0 Å². The summed E-state index contributed by atoms with van der Waals surface area (Å²) in [7, 11) is 0. The molecule has 0 bridgehead atoms. The van der Waals surface area contributed by atoms with Gasteiger partial charge in [-0.05, 0) is 31.4 Å². The normalized spacial score (nSPS) is 29.5. The van der Waals surface area contributed by atoms with Gasteiger partial charge in [-0.3, -0.25) is 0 Å². The summed E-state index contributed by atoms with van der Waals surface area (Å²) >= 11 is 0. The Labute approximate surface area is 155 Å². The van der Waals surface area contributed by atoms with Crippen LogP contribution in [0.25, 0.3) is 0 Å². The SMILES string of the molecule is CC/C=C/C1COC(CCC2COC(c3ccc(C#N)cc3)OC2)OC1.